The molecule has 12 heteroatoms. The number of aliphatic hydroxyl groups is 1. The lowest BCUT2D eigenvalue weighted by Gasteiger charge is -2.40. The Hall–Kier alpha value is -3.54. The lowest BCUT2D eigenvalue weighted by molar-refractivity contribution is -0.115. The zero-order valence-corrected chi connectivity index (χ0v) is 24.4. The smallest absolute Gasteiger partial charge is 0.256 e. The number of amides is 1. The molecule has 0 spiro atoms. The largest absolute Gasteiger partial charge is 0.404 e. The Kier molecular flexibility index (Phi) is 14.3. The average molecular weight is 566 g/mol. The molecule has 0 bridgehead atoms. The molecule has 1 aromatic heterocycles. The number of hydrogen-bond donors (Lipinski definition) is 5. The van der Waals surface area contributed by atoms with E-state index in [-0.39, 0.29) is 47.4 Å². The van der Waals surface area contributed by atoms with Crippen LogP contribution in [-0.4, -0.2) is 70.9 Å². The number of nitrogens with two attached hydrogens (primary N) is 1. The predicted molar refractivity (Wildman–Crippen MR) is 156 cm³/mol. The molecule has 2 aliphatic rings. The summed E-state index contributed by atoms with van der Waals surface area (Å²) < 4.78 is 25.9. The molecule has 0 radical (unpaired) electrons. The lowest BCUT2D eigenvalue weighted by Crippen LogP contribution is -2.47. The van der Waals surface area contributed by atoms with Crippen LogP contribution in [-0.2, 0) is 9.59 Å². The van der Waals surface area contributed by atoms with Gasteiger partial charge in [-0.2, -0.15) is 0 Å². The van der Waals surface area contributed by atoms with Crippen molar-refractivity contribution in [3.8, 4) is 0 Å². The van der Waals surface area contributed by atoms with Crippen molar-refractivity contribution in [1.82, 2.24) is 20.2 Å². The number of carbonyl (C=O) groups is 2. The van der Waals surface area contributed by atoms with E-state index in [1.807, 2.05) is 20.8 Å². The number of nitrogens with zero attached hydrogens (tertiary/aromatic N) is 3. The van der Waals surface area contributed by atoms with Gasteiger partial charge in [-0.1, -0.05) is 33.1 Å². The third-order valence-corrected chi connectivity index (χ3v) is 6.43. The summed E-state index contributed by atoms with van der Waals surface area (Å²) in [6.45, 7) is 5.94. The highest BCUT2D eigenvalue weighted by molar-refractivity contribution is 6.18. The second-order valence-corrected chi connectivity index (χ2v) is 9.72. The van der Waals surface area contributed by atoms with E-state index >= 15 is 0 Å². The summed E-state index contributed by atoms with van der Waals surface area (Å²) in [5.41, 5.74) is 5.44. The SMILES string of the molecule is CC.CC1(O)CCCCC1.CNC(=O)/C(=C/N)c1nc(NC)cc(N/C(C=O)=C/C=C\N(C)C2CC(F)(F)C2)n1. The summed E-state index contributed by atoms with van der Waals surface area (Å²) in [5.74, 6) is -2.34. The second kappa shape index (κ2) is 16.5. The van der Waals surface area contributed by atoms with Gasteiger partial charge < -0.3 is 31.7 Å². The summed E-state index contributed by atoms with van der Waals surface area (Å²) >= 11 is 0. The Labute approximate surface area is 236 Å². The fourth-order valence-electron chi connectivity index (χ4n) is 4.04. The van der Waals surface area contributed by atoms with Crippen LogP contribution in [0.2, 0.25) is 0 Å². The summed E-state index contributed by atoms with van der Waals surface area (Å²) in [4.78, 5) is 33.5. The molecule has 1 aromatic rings. The first-order valence-electron chi connectivity index (χ1n) is 13.6. The van der Waals surface area contributed by atoms with Gasteiger partial charge in [-0.05, 0) is 38.1 Å². The standard InChI is InChI=1S/C19H25F2N7O2.C7H14O.C2H6/c1-23-15-7-16(27-17(26-15)14(10-22)18(30)24-2)25-12(11-29)5-4-6-28(3)13-8-19(20,21)9-13;1-7(8)5-3-2-4-6-7;1-2/h4-7,10-11,13H,8-9,22H2,1-3H3,(H,24,30)(H2,23,25,26,27);8H,2-6H2,1H3;1-2H3/b6-4-,12-5+,14-10+;;. The molecule has 10 nitrogen and oxygen atoms in total. The number of rotatable bonds is 9. The van der Waals surface area contributed by atoms with Crippen molar-refractivity contribution in [2.45, 2.75) is 83.3 Å². The van der Waals surface area contributed by atoms with Gasteiger partial charge in [0, 0.05) is 52.3 Å². The zero-order chi connectivity index (χ0) is 30.3. The van der Waals surface area contributed by atoms with Gasteiger partial charge in [0.05, 0.1) is 16.9 Å². The maximum absolute atomic E-state index is 13.0. The third kappa shape index (κ3) is 11.3. The van der Waals surface area contributed by atoms with Crippen LogP contribution in [0.4, 0.5) is 20.4 Å². The summed E-state index contributed by atoms with van der Waals surface area (Å²) in [6, 6.07) is 1.32. The Morgan fingerprint density at radius 3 is 2.20 bits per heavy atom. The molecule has 0 aromatic carbocycles. The van der Waals surface area contributed by atoms with Crippen LogP contribution >= 0.6 is 0 Å². The van der Waals surface area contributed by atoms with Crippen molar-refractivity contribution in [1.29, 1.82) is 0 Å². The van der Waals surface area contributed by atoms with Gasteiger partial charge in [-0.25, -0.2) is 18.7 Å². The molecule has 0 aliphatic heterocycles. The van der Waals surface area contributed by atoms with Crippen LogP contribution in [0.3, 0.4) is 0 Å². The Morgan fingerprint density at radius 1 is 1.15 bits per heavy atom. The first-order chi connectivity index (χ1) is 18.9. The predicted octanol–water partition coefficient (Wildman–Crippen LogP) is 4.03. The van der Waals surface area contributed by atoms with E-state index < -0.39 is 11.8 Å². The summed E-state index contributed by atoms with van der Waals surface area (Å²) in [5, 5.41) is 17.5. The highest BCUT2D eigenvalue weighted by Crippen LogP contribution is 2.40. The maximum atomic E-state index is 13.0. The van der Waals surface area contributed by atoms with Crippen molar-refractivity contribution in [3.63, 3.8) is 0 Å². The topological polar surface area (TPSA) is 146 Å². The van der Waals surface area contributed by atoms with Crippen molar-refractivity contribution in [3.05, 3.63) is 42.1 Å². The number of aldehydes is 1. The van der Waals surface area contributed by atoms with Crippen LogP contribution in [0.15, 0.2) is 36.3 Å². The van der Waals surface area contributed by atoms with E-state index in [1.165, 1.54) is 32.4 Å². The number of carbonyl (C=O) groups excluding carboxylic acids is 2. The molecule has 0 unspecified atom stereocenters. The first kappa shape index (κ1) is 34.5. The lowest BCUT2D eigenvalue weighted by atomic mass is 9.87. The van der Waals surface area contributed by atoms with E-state index in [2.05, 4.69) is 25.9 Å². The number of halogens is 2. The normalized spacial score (nSPS) is 18.2. The second-order valence-electron chi connectivity index (χ2n) is 9.72. The van der Waals surface area contributed by atoms with Crippen molar-refractivity contribution in [2.24, 2.45) is 5.73 Å². The van der Waals surface area contributed by atoms with Gasteiger partial charge in [0.2, 0.25) is 0 Å². The fraction of sp³-hybridized carbons (Fsp3) is 0.571. The molecule has 2 aliphatic carbocycles. The van der Waals surface area contributed by atoms with Crippen LogP contribution in [0.1, 0.15) is 71.5 Å². The summed E-state index contributed by atoms with van der Waals surface area (Å²) in [7, 11) is 4.79. The minimum absolute atomic E-state index is 0.0631. The third-order valence-electron chi connectivity index (χ3n) is 6.43. The number of allylic oxidation sites excluding steroid dienone is 3. The minimum atomic E-state index is -2.60. The van der Waals surface area contributed by atoms with Gasteiger partial charge in [0.1, 0.15) is 11.6 Å². The number of hydrogen-bond acceptors (Lipinski definition) is 9. The van der Waals surface area contributed by atoms with E-state index in [0.717, 1.165) is 19.0 Å². The van der Waals surface area contributed by atoms with Gasteiger partial charge in [0.25, 0.3) is 11.8 Å². The molecule has 224 valence electrons. The molecule has 0 saturated heterocycles. The van der Waals surface area contributed by atoms with Gasteiger partial charge in [0.15, 0.2) is 12.1 Å². The van der Waals surface area contributed by atoms with Crippen molar-refractivity contribution in [2.75, 3.05) is 31.8 Å². The number of alkyl halides is 2. The number of likely N-dealkylation sites (N-methyl/N-ethyl adjacent to an activating group) is 1. The average Bonchev–Trinajstić information content (AvgIpc) is 2.92. The molecule has 3 rings (SSSR count). The molecular formula is C28H45F2N7O3. The maximum Gasteiger partial charge on any atom is 0.256 e. The van der Waals surface area contributed by atoms with E-state index in [4.69, 9.17) is 5.73 Å². The zero-order valence-electron chi connectivity index (χ0n) is 24.4. The monoisotopic (exact) mass is 565 g/mol. The molecule has 2 fully saturated rings. The number of anilines is 2. The Bertz CT molecular complexity index is 1040. The molecule has 1 heterocycles. The van der Waals surface area contributed by atoms with Crippen LogP contribution in [0.5, 0.6) is 0 Å². The molecule has 1 amide bonds. The number of aromatic nitrogens is 2. The molecular weight excluding hydrogens is 520 g/mol. The molecule has 40 heavy (non-hydrogen) atoms. The number of nitrogens with one attached hydrogen (secondary N) is 3. The first-order valence-corrected chi connectivity index (χ1v) is 13.6. The van der Waals surface area contributed by atoms with Crippen LogP contribution < -0.4 is 21.7 Å². The fourth-order valence-corrected chi connectivity index (χ4v) is 4.04. The van der Waals surface area contributed by atoms with E-state index in [1.54, 1.807) is 37.3 Å². The molecule has 2 saturated carbocycles. The summed E-state index contributed by atoms with van der Waals surface area (Å²) in [6.07, 6.45) is 11.7. The highest BCUT2D eigenvalue weighted by atomic mass is 19.3. The van der Waals surface area contributed by atoms with Gasteiger partial charge in [-0.3, -0.25) is 9.59 Å². The minimum Gasteiger partial charge on any atom is -0.404 e. The van der Waals surface area contributed by atoms with Gasteiger partial charge in [-0.15, -0.1) is 0 Å². The van der Waals surface area contributed by atoms with Crippen LogP contribution in [0.25, 0.3) is 5.57 Å². The Morgan fingerprint density at radius 2 is 1.75 bits per heavy atom. The molecule has 0 atom stereocenters. The van der Waals surface area contributed by atoms with E-state index in [9.17, 15) is 23.5 Å². The van der Waals surface area contributed by atoms with Crippen LogP contribution in [0, 0.1) is 0 Å². The quantitative estimate of drug-likeness (QED) is 0.170. The van der Waals surface area contributed by atoms with E-state index in [0.29, 0.717) is 12.1 Å². The Balaban J connectivity index is 0.000000675. The molecule has 6 N–H and O–H groups in total. The van der Waals surface area contributed by atoms with Crippen molar-refractivity contribution < 1.29 is 23.5 Å². The highest BCUT2D eigenvalue weighted by Gasteiger charge is 2.46. The van der Waals surface area contributed by atoms with Crippen molar-refractivity contribution >= 4 is 29.4 Å². The van der Waals surface area contributed by atoms with Gasteiger partial charge >= 0.3 is 0 Å².